The molecule has 2 aromatic carbocycles. The van der Waals surface area contributed by atoms with Crippen LogP contribution in [0.15, 0.2) is 52.4 Å². The number of carbonyl (C=O) groups is 2. The van der Waals surface area contributed by atoms with Crippen molar-refractivity contribution in [1.82, 2.24) is 14.5 Å². The van der Waals surface area contributed by atoms with Crippen LogP contribution in [0.1, 0.15) is 24.0 Å². The number of benzene rings is 2. The van der Waals surface area contributed by atoms with Crippen LogP contribution in [0.25, 0.3) is 0 Å². The maximum Gasteiger partial charge on any atom is 0.490 e. The summed E-state index contributed by atoms with van der Waals surface area (Å²) in [5.74, 6) is -1.84. The van der Waals surface area contributed by atoms with E-state index >= 15 is 0 Å². The Hall–Kier alpha value is -2.87. The molecule has 1 heterocycles. The second-order valence-corrected chi connectivity index (χ2v) is 11.6. The summed E-state index contributed by atoms with van der Waals surface area (Å²) in [6.45, 7) is 2.50. The van der Waals surface area contributed by atoms with Gasteiger partial charge in [-0.05, 0) is 36.6 Å². The minimum atomic E-state index is -5.08. The number of likely N-dealkylation sites (N-methyl/N-ethyl adjacent to an activating group) is 1. The lowest BCUT2D eigenvalue weighted by Crippen LogP contribution is -2.31. The summed E-state index contributed by atoms with van der Waals surface area (Å²) < 4.78 is 58.3. The highest BCUT2D eigenvalue weighted by molar-refractivity contribution is 7.89. The van der Waals surface area contributed by atoms with Gasteiger partial charge in [0.2, 0.25) is 15.9 Å². The minimum Gasteiger partial charge on any atom is -0.475 e. The van der Waals surface area contributed by atoms with Crippen LogP contribution in [0, 0.1) is 0 Å². The summed E-state index contributed by atoms with van der Waals surface area (Å²) in [6, 6.07) is 12.4. The van der Waals surface area contributed by atoms with E-state index in [9.17, 15) is 26.4 Å². The van der Waals surface area contributed by atoms with Gasteiger partial charge in [0.15, 0.2) is 0 Å². The highest BCUT2D eigenvalue weighted by atomic mass is 35.5. The molecule has 0 bridgehead atoms. The Morgan fingerprint density at radius 2 is 1.68 bits per heavy atom. The lowest BCUT2D eigenvalue weighted by Gasteiger charge is -2.20. The molecule has 1 aliphatic heterocycles. The van der Waals surface area contributed by atoms with E-state index in [1.54, 1.807) is 11.9 Å². The highest BCUT2D eigenvalue weighted by Crippen LogP contribution is 2.26. The van der Waals surface area contributed by atoms with Gasteiger partial charge in [-0.3, -0.25) is 9.79 Å². The third-order valence-electron chi connectivity index (χ3n) is 5.77. The molecule has 0 atom stereocenters. The van der Waals surface area contributed by atoms with E-state index in [1.165, 1.54) is 29.6 Å². The summed E-state index contributed by atoms with van der Waals surface area (Å²) in [4.78, 5) is 27.5. The van der Waals surface area contributed by atoms with E-state index in [2.05, 4.69) is 22.4 Å². The number of hydrogen-bond donors (Lipinski definition) is 2. The van der Waals surface area contributed by atoms with Gasteiger partial charge >= 0.3 is 12.1 Å². The Bertz CT molecular complexity index is 1320. The quantitative estimate of drug-likeness (QED) is 0.411. The largest absolute Gasteiger partial charge is 0.490 e. The van der Waals surface area contributed by atoms with Crippen molar-refractivity contribution < 1.29 is 36.3 Å². The second kappa shape index (κ2) is 14.7. The number of sulfonamides is 1. The molecule has 0 fully saturated rings. The maximum atomic E-state index is 12.7. The van der Waals surface area contributed by atoms with Crippen molar-refractivity contribution in [3.05, 3.63) is 63.6 Å². The molecule has 220 valence electrons. The Balaban J connectivity index is 0.000000708. The zero-order valence-corrected chi connectivity index (χ0v) is 24.0. The number of carboxylic acids is 1. The van der Waals surface area contributed by atoms with E-state index in [-0.39, 0.29) is 28.8 Å². The maximum absolute atomic E-state index is 12.7. The predicted molar refractivity (Wildman–Crippen MR) is 146 cm³/mol. The molecule has 1 aliphatic rings. The van der Waals surface area contributed by atoms with E-state index in [1.807, 2.05) is 12.1 Å². The molecule has 3 rings (SSSR count). The minimum absolute atomic E-state index is 0.0172. The standard InChI is InChI=1S/C23H28Cl2N4O3S.C2HF3O2/c1-28(15-11-17-5-7-18(8-6-17)23-26-12-13-27-23)22(30)4-3-14-29(2)33(31,32)19-9-10-20(24)21(25)16-19;3-2(4,5)1(6)7/h5-10,16H,3-4,11-15H2,1-2H3,(H,26,27);(H,6,7). The van der Waals surface area contributed by atoms with Gasteiger partial charge in [0, 0.05) is 45.7 Å². The van der Waals surface area contributed by atoms with E-state index < -0.39 is 22.2 Å². The van der Waals surface area contributed by atoms with Gasteiger partial charge in [-0.25, -0.2) is 17.5 Å². The monoisotopic (exact) mass is 624 g/mol. The van der Waals surface area contributed by atoms with Crippen molar-refractivity contribution in [1.29, 1.82) is 0 Å². The first-order valence-corrected chi connectivity index (χ1v) is 14.2. The Labute approximate surface area is 240 Å². The van der Waals surface area contributed by atoms with Crippen LogP contribution in [0.4, 0.5) is 13.2 Å². The molecule has 2 N–H and O–H groups in total. The van der Waals surface area contributed by atoms with Crippen LogP contribution in [-0.4, -0.2) is 86.9 Å². The first kappa shape index (κ1) is 33.3. The summed E-state index contributed by atoms with van der Waals surface area (Å²) in [7, 11) is -0.444. The number of nitrogens with one attached hydrogen (secondary N) is 1. The summed E-state index contributed by atoms with van der Waals surface area (Å²) in [6.07, 6.45) is -3.65. The number of carbonyl (C=O) groups excluding carboxylic acids is 1. The van der Waals surface area contributed by atoms with Crippen molar-refractivity contribution in [2.24, 2.45) is 4.99 Å². The van der Waals surface area contributed by atoms with Crippen molar-refractivity contribution in [3.8, 4) is 0 Å². The van der Waals surface area contributed by atoms with Crippen LogP contribution in [-0.2, 0) is 26.0 Å². The molecule has 0 saturated heterocycles. The molecule has 0 aliphatic carbocycles. The second-order valence-electron chi connectivity index (χ2n) is 8.73. The van der Waals surface area contributed by atoms with Crippen molar-refractivity contribution in [3.63, 3.8) is 0 Å². The van der Waals surface area contributed by atoms with Gasteiger partial charge in [-0.1, -0.05) is 47.5 Å². The molecule has 0 aromatic heterocycles. The lowest BCUT2D eigenvalue weighted by atomic mass is 10.1. The van der Waals surface area contributed by atoms with Gasteiger partial charge in [0.05, 0.1) is 21.5 Å². The third kappa shape index (κ3) is 9.95. The summed E-state index contributed by atoms with van der Waals surface area (Å²) in [5, 5.41) is 10.9. The zero-order valence-electron chi connectivity index (χ0n) is 21.7. The number of alkyl halides is 3. The molecule has 2 aromatic rings. The zero-order chi connectivity index (χ0) is 30.1. The lowest BCUT2D eigenvalue weighted by molar-refractivity contribution is -0.192. The Morgan fingerprint density at radius 3 is 2.20 bits per heavy atom. The average molecular weight is 625 g/mol. The molecule has 0 unspecified atom stereocenters. The first-order valence-electron chi connectivity index (χ1n) is 12.0. The smallest absolute Gasteiger partial charge is 0.475 e. The number of hydrogen-bond acceptors (Lipinski definition) is 6. The number of amides is 1. The third-order valence-corrected chi connectivity index (χ3v) is 8.36. The van der Waals surface area contributed by atoms with Gasteiger partial charge in [-0.15, -0.1) is 0 Å². The van der Waals surface area contributed by atoms with Gasteiger partial charge < -0.3 is 15.3 Å². The van der Waals surface area contributed by atoms with E-state index in [4.69, 9.17) is 33.1 Å². The predicted octanol–water partition coefficient (Wildman–Crippen LogP) is 4.08. The molecule has 9 nitrogen and oxygen atoms in total. The molecule has 15 heteroatoms. The number of nitrogens with zero attached hydrogens (tertiary/aromatic N) is 3. The van der Waals surface area contributed by atoms with Crippen LogP contribution in [0.3, 0.4) is 0 Å². The van der Waals surface area contributed by atoms with Gasteiger partial charge in [0.1, 0.15) is 5.84 Å². The average Bonchev–Trinajstić information content (AvgIpc) is 3.44. The molecule has 0 spiro atoms. The number of aliphatic carboxylic acids is 1. The fourth-order valence-corrected chi connectivity index (χ4v) is 5.02. The number of aliphatic imine (C=N–C) groups is 1. The van der Waals surface area contributed by atoms with E-state index in [0.717, 1.165) is 36.5 Å². The van der Waals surface area contributed by atoms with Gasteiger partial charge in [-0.2, -0.15) is 13.2 Å². The van der Waals surface area contributed by atoms with E-state index in [0.29, 0.717) is 18.0 Å². The van der Waals surface area contributed by atoms with Crippen molar-refractivity contribution >= 4 is 50.9 Å². The van der Waals surface area contributed by atoms with Crippen molar-refractivity contribution in [2.75, 3.05) is 40.3 Å². The first-order chi connectivity index (χ1) is 18.6. The van der Waals surface area contributed by atoms with Gasteiger partial charge in [0.25, 0.3) is 0 Å². The summed E-state index contributed by atoms with van der Waals surface area (Å²) >= 11 is 11.8. The number of carboxylic acid groups (broad SMARTS) is 1. The SMILES string of the molecule is CN(CCc1ccc(C2=NCCN2)cc1)C(=O)CCCN(C)S(=O)(=O)c1ccc(Cl)c(Cl)c1.O=C(O)C(F)(F)F. The molecule has 0 radical (unpaired) electrons. The fraction of sp³-hybridized carbons (Fsp3) is 0.400. The van der Waals surface area contributed by atoms with Crippen LogP contribution >= 0.6 is 23.2 Å². The van der Waals surface area contributed by atoms with Crippen LogP contribution in [0.5, 0.6) is 0 Å². The van der Waals surface area contributed by atoms with Crippen LogP contribution in [0.2, 0.25) is 10.0 Å². The molecule has 40 heavy (non-hydrogen) atoms. The topological polar surface area (TPSA) is 119 Å². The fourth-order valence-electron chi connectivity index (χ4n) is 3.42. The molecular formula is C25H29Cl2F3N4O5S. The number of rotatable bonds is 10. The molecular weight excluding hydrogens is 596 g/mol. The number of halogens is 5. The highest BCUT2D eigenvalue weighted by Gasteiger charge is 2.38. The van der Waals surface area contributed by atoms with Crippen LogP contribution < -0.4 is 5.32 Å². The Morgan fingerprint density at radius 1 is 1.05 bits per heavy atom. The summed E-state index contributed by atoms with van der Waals surface area (Å²) in [5.41, 5.74) is 2.21. The normalized spacial score (nSPS) is 13.2. The van der Waals surface area contributed by atoms with Crippen molar-refractivity contribution in [2.45, 2.75) is 30.3 Å². The molecule has 0 saturated carbocycles. The Kier molecular flexibility index (Phi) is 12.2. The number of amidine groups is 1. The molecule has 1 amide bonds.